The van der Waals surface area contributed by atoms with Crippen LogP contribution in [0.5, 0.6) is 0 Å². The maximum absolute atomic E-state index is 13.4. The number of furan rings is 1. The van der Waals surface area contributed by atoms with E-state index in [9.17, 15) is 18.4 Å². The van der Waals surface area contributed by atoms with Crippen molar-refractivity contribution in [1.29, 1.82) is 0 Å². The number of ether oxygens (including phenoxy) is 1. The van der Waals surface area contributed by atoms with Crippen LogP contribution in [-0.2, 0) is 40.6 Å². The van der Waals surface area contributed by atoms with E-state index < -0.39 is 26.8 Å². The lowest BCUT2D eigenvalue weighted by Crippen LogP contribution is -2.51. The maximum Gasteiger partial charge on any atom is 0.326 e. The Balaban J connectivity index is 1.45. The van der Waals surface area contributed by atoms with Crippen LogP contribution in [-0.4, -0.2) is 38.2 Å². The summed E-state index contributed by atoms with van der Waals surface area (Å²) in [5, 5.41) is 15.7. The second-order valence-corrected chi connectivity index (χ2v) is 10.6. The number of hydroxylamine groups is 1. The molecule has 0 unspecified atom stereocenters. The first kappa shape index (κ1) is 22.2. The van der Waals surface area contributed by atoms with Crippen LogP contribution in [0.4, 0.5) is 16.4 Å². The van der Waals surface area contributed by atoms with Gasteiger partial charge in [0.15, 0.2) is 0 Å². The van der Waals surface area contributed by atoms with E-state index in [4.69, 9.17) is 9.15 Å². The van der Waals surface area contributed by atoms with Gasteiger partial charge in [0.1, 0.15) is 0 Å². The number of rotatable bonds is 5. The van der Waals surface area contributed by atoms with Gasteiger partial charge >= 0.3 is 16.2 Å². The van der Waals surface area contributed by atoms with Gasteiger partial charge in [-0.25, -0.2) is 9.10 Å². The smallest absolute Gasteiger partial charge is 0.326 e. The first-order chi connectivity index (χ1) is 15.9. The molecule has 178 valence electrons. The molecule has 2 amide bonds. The van der Waals surface area contributed by atoms with Crippen molar-refractivity contribution >= 4 is 27.8 Å². The van der Waals surface area contributed by atoms with Crippen molar-refractivity contribution in [3.05, 3.63) is 51.4 Å². The predicted octanol–water partition coefficient (Wildman–Crippen LogP) is 3.83. The Labute approximate surface area is 193 Å². The van der Waals surface area contributed by atoms with Crippen molar-refractivity contribution in [1.82, 2.24) is 4.47 Å². The van der Waals surface area contributed by atoms with Gasteiger partial charge in [-0.15, -0.1) is 0 Å². The largest absolute Gasteiger partial charge is 0.740 e. The van der Waals surface area contributed by atoms with Crippen LogP contribution in [0.1, 0.15) is 53.5 Å². The molecule has 3 aliphatic rings. The molecule has 1 aromatic heterocycles. The minimum atomic E-state index is -4.74. The second-order valence-electron chi connectivity index (χ2n) is 9.00. The van der Waals surface area contributed by atoms with E-state index in [2.05, 4.69) is 11.4 Å². The summed E-state index contributed by atoms with van der Waals surface area (Å²) in [7, 11) is -4.74. The highest BCUT2D eigenvalue weighted by Gasteiger charge is 2.37. The number of nitrogens with one attached hydrogen (secondary N) is 1. The van der Waals surface area contributed by atoms with Gasteiger partial charge in [-0.2, -0.15) is 8.42 Å². The molecule has 1 N–H and O–H groups in total. The van der Waals surface area contributed by atoms with Crippen LogP contribution in [0.3, 0.4) is 0 Å². The Morgan fingerprint density at radius 3 is 2.27 bits per heavy atom. The molecule has 1 aromatic carbocycles. The number of carbonyl (C=O) groups is 1. The predicted molar refractivity (Wildman–Crippen MR) is 123 cm³/mol. The van der Waals surface area contributed by atoms with Crippen LogP contribution in [0, 0.1) is 12.1 Å². The van der Waals surface area contributed by atoms with Gasteiger partial charge in [-0.05, 0) is 86.1 Å². The van der Waals surface area contributed by atoms with Gasteiger partial charge in [-0.1, -0.05) is 6.07 Å². The highest BCUT2D eigenvalue weighted by molar-refractivity contribution is 7.91. The SMILES string of the molecule is Cc1coc(N(C2CCOCC2)S(=O)(=O)N([O-])C(=O)Nc2c3c(cc4c2CCC4)CCC3)c1. The van der Waals surface area contributed by atoms with Crippen molar-refractivity contribution in [2.45, 2.75) is 64.3 Å². The fourth-order valence-corrected chi connectivity index (χ4v) is 6.56. The van der Waals surface area contributed by atoms with Crippen molar-refractivity contribution in [3.63, 3.8) is 0 Å². The first-order valence-electron chi connectivity index (χ1n) is 11.5. The summed E-state index contributed by atoms with van der Waals surface area (Å²) < 4.78 is 38.1. The van der Waals surface area contributed by atoms with Gasteiger partial charge in [0.05, 0.1) is 12.3 Å². The summed E-state index contributed by atoms with van der Waals surface area (Å²) in [6, 6.07) is 2.02. The molecule has 1 saturated heterocycles. The number of amides is 2. The normalized spacial score (nSPS) is 18.1. The molecule has 0 spiro atoms. The summed E-state index contributed by atoms with van der Waals surface area (Å²) in [4.78, 5) is 13.0. The summed E-state index contributed by atoms with van der Waals surface area (Å²) in [6.07, 6.45) is 7.66. The van der Waals surface area contributed by atoms with Gasteiger partial charge in [0.2, 0.25) is 5.88 Å². The van der Waals surface area contributed by atoms with Crippen LogP contribution < -0.4 is 9.62 Å². The van der Waals surface area contributed by atoms with Gasteiger partial charge in [0.25, 0.3) is 0 Å². The number of anilines is 2. The number of aryl methyl sites for hydroxylation is 3. The van der Waals surface area contributed by atoms with Crippen LogP contribution in [0.2, 0.25) is 0 Å². The topological polar surface area (TPSA) is 115 Å². The minimum Gasteiger partial charge on any atom is -0.740 e. The van der Waals surface area contributed by atoms with Crippen LogP contribution in [0.15, 0.2) is 22.8 Å². The Bertz CT molecular complexity index is 1140. The van der Waals surface area contributed by atoms with Crippen LogP contribution >= 0.6 is 0 Å². The summed E-state index contributed by atoms with van der Waals surface area (Å²) >= 11 is 0. The number of carbonyl (C=O) groups excluding carboxylic acids is 1. The summed E-state index contributed by atoms with van der Waals surface area (Å²) in [5.41, 5.74) is 5.76. The van der Waals surface area contributed by atoms with E-state index in [1.54, 1.807) is 13.0 Å². The molecule has 2 aromatic rings. The van der Waals surface area contributed by atoms with Crippen LogP contribution in [0.25, 0.3) is 0 Å². The number of hydrogen-bond acceptors (Lipinski definition) is 6. The van der Waals surface area contributed by atoms with Gasteiger partial charge in [0, 0.05) is 25.0 Å². The van der Waals surface area contributed by atoms with Crippen molar-refractivity contribution in [2.75, 3.05) is 22.8 Å². The van der Waals surface area contributed by atoms with E-state index in [1.165, 1.54) is 17.4 Å². The fraction of sp³-hybridized carbons (Fsp3) is 0.522. The molecule has 9 nitrogen and oxygen atoms in total. The maximum atomic E-state index is 13.4. The summed E-state index contributed by atoms with van der Waals surface area (Å²) in [5.74, 6) is 0.0227. The van der Waals surface area contributed by atoms with E-state index >= 15 is 0 Å². The monoisotopic (exact) mass is 474 g/mol. The molecule has 0 bridgehead atoms. The molecule has 1 fully saturated rings. The minimum absolute atomic E-state index is 0.0227. The molecule has 0 radical (unpaired) electrons. The highest BCUT2D eigenvalue weighted by atomic mass is 32.2. The Kier molecular flexibility index (Phi) is 5.84. The number of benzene rings is 1. The molecule has 33 heavy (non-hydrogen) atoms. The average molecular weight is 475 g/mol. The molecule has 0 atom stereocenters. The lowest BCUT2D eigenvalue weighted by atomic mass is 9.99. The number of nitrogens with zero attached hydrogens (tertiary/aromatic N) is 2. The van der Waals surface area contributed by atoms with E-state index in [0.29, 0.717) is 31.7 Å². The lowest BCUT2D eigenvalue weighted by Gasteiger charge is -2.38. The molecule has 1 aliphatic heterocycles. The van der Waals surface area contributed by atoms with E-state index in [-0.39, 0.29) is 5.88 Å². The first-order valence-corrected chi connectivity index (χ1v) is 12.9. The van der Waals surface area contributed by atoms with Gasteiger partial charge in [-0.3, -0.25) is 4.47 Å². The number of urea groups is 1. The molecule has 10 heteroatoms. The van der Waals surface area contributed by atoms with Gasteiger partial charge < -0.3 is 19.7 Å². The molecular weight excluding hydrogens is 446 g/mol. The number of fused-ring (bicyclic) bond motifs is 2. The Hall–Kier alpha value is -2.56. The lowest BCUT2D eigenvalue weighted by molar-refractivity contribution is 0.0868. The van der Waals surface area contributed by atoms with Crippen molar-refractivity contribution in [3.8, 4) is 0 Å². The number of hydrogen-bond donors (Lipinski definition) is 1. The molecule has 2 heterocycles. The fourth-order valence-electron chi connectivity index (χ4n) is 5.24. The quantitative estimate of drug-likeness (QED) is 0.659. The molecular formula is C23H28N3O6S-. The Morgan fingerprint density at radius 2 is 1.70 bits per heavy atom. The molecule has 0 saturated carbocycles. The van der Waals surface area contributed by atoms with Crippen molar-refractivity contribution < 1.29 is 22.4 Å². The third-order valence-corrected chi connectivity index (χ3v) is 8.35. The standard InChI is InChI=1S/C23H28N3O6S/c1-15-12-21(32-14-15)25(18-8-10-31-11-9-18)33(29,30)26(28)23(27)24-22-19-6-2-4-16(19)13-17-5-3-7-20(17)22/h12-14,18H,2-11H2,1H3,(H,24,27)/q-1. The van der Waals surface area contributed by atoms with Crippen molar-refractivity contribution in [2.24, 2.45) is 0 Å². The van der Waals surface area contributed by atoms with E-state index in [0.717, 1.165) is 59.5 Å². The summed E-state index contributed by atoms with van der Waals surface area (Å²) in [6.45, 7) is 2.49. The molecule has 5 rings (SSSR count). The zero-order valence-corrected chi connectivity index (χ0v) is 19.4. The average Bonchev–Trinajstić information content (AvgIpc) is 3.55. The third-order valence-electron chi connectivity index (χ3n) is 6.79. The molecule has 2 aliphatic carbocycles. The zero-order valence-electron chi connectivity index (χ0n) is 18.6. The second kappa shape index (κ2) is 8.66. The zero-order chi connectivity index (χ0) is 23.2. The highest BCUT2D eigenvalue weighted by Crippen LogP contribution is 2.39. The third kappa shape index (κ3) is 4.00. The van der Waals surface area contributed by atoms with E-state index in [1.807, 2.05) is 0 Å². The Morgan fingerprint density at radius 1 is 1.06 bits per heavy atom.